The fourth-order valence-electron chi connectivity index (χ4n) is 3.73. The largest absolute Gasteiger partial charge is 0.353 e. The second kappa shape index (κ2) is 8.74. The summed E-state index contributed by atoms with van der Waals surface area (Å²) < 4.78 is 0. The van der Waals surface area contributed by atoms with Crippen LogP contribution in [0.1, 0.15) is 31.4 Å². The van der Waals surface area contributed by atoms with Crippen LogP contribution in [0.3, 0.4) is 0 Å². The maximum Gasteiger partial charge on any atom is 0.223 e. The molecule has 0 N–H and O–H groups in total. The van der Waals surface area contributed by atoms with Crippen LogP contribution < -0.4 is 4.90 Å². The van der Waals surface area contributed by atoms with E-state index < -0.39 is 0 Å². The van der Waals surface area contributed by atoms with Crippen LogP contribution in [0.15, 0.2) is 48.7 Å². The lowest BCUT2D eigenvalue weighted by atomic mass is 9.81. The van der Waals surface area contributed by atoms with Gasteiger partial charge in [-0.05, 0) is 36.7 Å². The Labute approximate surface area is 169 Å². The van der Waals surface area contributed by atoms with Crippen LogP contribution >= 0.6 is 0 Å². The third-order valence-corrected chi connectivity index (χ3v) is 5.41. The summed E-state index contributed by atoms with van der Waals surface area (Å²) in [6, 6.07) is 14.5. The van der Waals surface area contributed by atoms with Crippen molar-refractivity contribution in [2.75, 3.05) is 45.2 Å². The standard InChI is InChI=1S/C23H32N4O/c1-23(2,20-8-6-5-7-9-20)16-22(28)27-14-12-26(13-15-27)21-11-10-19(17-24-21)18-25(3)4/h5-11,17H,12-16,18H2,1-4H3. The number of nitrogens with zero attached hydrogens (tertiary/aromatic N) is 4. The molecule has 2 aromatic rings. The van der Waals surface area contributed by atoms with Gasteiger partial charge in [-0.3, -0.25) is 4.79 Å². The van der Waals surface area contributed by atoms with E-state index in [1.807, 2.05) is 29.3 Å². The van der Waals surface area contributed by atoms with Crippen molar-refractivity contribution in [1.82, 2.24) is 14.8 Å². The number of hydrogen-bond donors (Lipinski definition) is 0. The molecule has 5 nitrogen and oxygen atoms in total. The molecule has 1 amide bonds. The van der Waals surface area contributed by atoms with Crippen LogP contribution in [-0.4, -0.2) is 61.0 Å². The van der Waals surface area contributed by atoms with Crippen LogP contribution in [0, 0.1) is 0 Å². The van der Waals surface area contributed by atoms with E-state index in [2.05, 4.69) is 67.0 Å². The summed E-state index contributed by atoms with van der Waals surface area (Å²) in [6.07, 6.45) is 2.49. The molecule has 1 aromatic carbocycles. The number of carbonyl (C=O) groups is 1. The van der Waals surface area contributed by atoms with Crippen LogP contribution in [0.25, 0.3) is 0 Å². The predicted octanol–water partition coefficient (Wildman–Crippen LogP) is 3.16. The molecule has 5 heteroatoms. The Morgan fingerprint density at radius 3 is 2.29 bits per heavy atom. The number of amides is 1. The Morgan fingerprint density at radius 2 is 1.71 bits per heavy atom. The third-order valence-electron chi connectivity index (χ3n) is 5.41. The molecule has 0 atom stereocenters. The monoisotopic (exact) mass is 380 g/mol. The molecule has 1 aromatic heterocycles. The lowest BCUT2D eigenvalue weighted by Gasteiger charge is -2.37. The number of benzene rings is 1. The Morgan fingerprint density at radius 1 is 1.04 bits per heavy atom. The minimum absolute atomic E-state index is 0.153. The van der Waals surface area contributed by atoms with Crippen molar-refractivity contribution >= 4 is 11.7 Å². The number of rotatable bonds is 6. The molecule has 0 radical (unpaired) electrons. The summed E-state index contributed by atoms with van der Waals surface area (Å²) in [5.41, 5.74) is 2.27. The van der Waals surface area contributed by atoms with Gasteiger partial charge in [0.25, 0.3) is 0 Å². The molecule has 150 valence electrons. The average Bonchev–Trinajstić information content (AvgIpc) is 2.69. The molecule has 0 spiro atoms. The minimum atomic E-state index is -0.153. The maximum absolute atomic E-state index is 12.9. The fourth-order valence-corrected chi connectivity index (χ4v) is 3.73. The van der Waals surface area contributed by atoms with Gasteiger partial charge in [-0.25, -0.2) is 4.98 Å². The molecule has 1 aliphatic rings. The number of aromatic nitrogens is 1. The topological polar surface area (TPSA) is 39.7 Å². The van der Waals surface area contributed by atoms with Crippen molar-refractivity contribution in [2.45, 2.75) is 32.2 Å². The van der Waals surface area contributed by atoms with Gasteiger partial charge in [-0.1, -0.05) is 50.2 Å². The quantitative estimate of drug-likeness (QED) is 0.772. The van der Waals surface area contributed by atoms with Crippen molar-refractivity contribution < 1.29 is 4.79 Å². The van der Waals surface area contributed by atoms with E-state index in [4.69, 9.17) is 0 Å². The van der Waals surface area contributed by atoms with E-state index in [1.165, 1.54) is 11.1 Å². The third kappa shape index (κ3) is 5.10. The van der Waals surface area contributed by atoms with Crippen molar-refractivity contribution in [3.8, 4) is 0 Å². The first-order chi connectivity index (χ1) is 13.3. The summed E-state index contributed by atoms with van der Waals surface area (Å²) in [5, 5.41) is 0. The summed E-state index contributed by atoms with van der Waals surface area (Å²) >= 11 is 0. The first-order valence-electron chi connectivity index (χ1n) is 10.0. The molecule has 1 fully saturated rings. The number of hydrogen-bond acceptors (Lipinski definition) is 4. The lowest BCUT2D eigenvalue weighted by Crippen LogP contribution is -2.50. The van der Waals surface area contributed by atoms with Gasteiger partial charge in [0.2, 0.25) is 5.91 Å². The van der Waals surface area contributed by atoms with E-state index in [1.54, 1.807) is 0 Å². The molecule has 3 rings (SSSR count). The summed E-state index contributed by atoms with van der Waals surface area (Å²) in [5.74, 6) is 1.24. The summed E-state index contributed by atoms with van der Waals surface area (Å²) in [6.45, 7) is 8.36. The Balaban J connectivity index is 1.54. The number of piperazine rings is 1. The highest BCUT2D eigenvalue weighted by Crippen LogP contribution is 2.28. The molecule has 0 bridgehead atoms. The van der Waals surface area contributed by atoms with E-state index in [0.717, 1.165) is 38.5 Å². The molecule has 28 heavy (non-hydrogen) atoms. The molecule has 0 aliphatic carbocycles. The predicted molar refractivity (Wildman–Crippen MR) is 115 cm³/mol. The van der Waals surface area contributed by atoms with Crippen molar-refractivity contribution in [2.24, 2.45) is 0 Å². The summed E-state index contributed by atoms with van der Waals surface area (Å²) in [4.78, 5) is 23.9. The first-order valence-corrected chi connectivity index (χ1v) is 10.0. The Bertz CT molecular complexity index is 763. The normalized spacial score (nSPS) is 15.2. The van der Waals surface area contributed by atoms with E-state index >= 15 is 0 Å². The molecule has 0 saturated carbocycles. The minimum Gasteiger partial charge on any atom is -0.353 e. The van der Waals surface area contributed by atoms with Gasteiger partial charge < -0.3 is 14.7 Å². The SMILES string of the molecule is CN(C)Cc1ccc(N2CCN(C(=O)CC(C)(C)c3ccccc3)CC2)nc1. The highest BCUT2D eigenvalue weighted by atomic mass is 16.2. The molecule has 2 heterocycles. The van der Waals surface area contributed by atoms with Crippen molar-refractivity contribution in [3.63, 3.8) is 0 Å². The van der Waals surface area contributed by atoms with Crippen LogP contribution in [0.5, 0.6) is 0 Å². The molecular formula is C23H32N4O. The Kier molecular flexibility index (Phi) is 6.35. The number of pyridine rings is 1. The molecule has 1 aliphatic heterocycles. The fraction of sp³-hybridized carbons (Fsp3) is 0.478. The Hall–Kier alpha value is -2.40. The van der Waals surface area contributed by atoms with Gasteiger partial charge in [-0.15, -0.1) is 0 Å². The smallest absolute Gasteiger partial charge is 0.223 e. The zero-order valence-corrected chi connectivity index (χ0v) is 17.6. The van der Waals surface area contributed by atoms with Crippen LogP contribution in [0.2, 0.25) is 0 Å². The number of carbonyl (C=O) groups excluding carboxylic acids is 1. The van der Waals surface area contributed by atoms with E-state index in [-0.39, 0.29) is 11.3 Å². The zero-order valence-electron chi connectivity index (χ0n) is 17.6. The molecule has 1 saturated heterocycles. The van der Waals surface area contributed by atoms with Crippen molar-refractivity contribution in [1.29, 1.82) is 0 Å². The summed E-state index contributed by atoms with van der Waals surface area (Å²) in [7, 11) is 4.12. The highest BCUT2D eigenvalue weighted by molar-refractivity contribution is 5.78. The highest BCUT2D eigenvalue weighted by Gasteiger charge is 2.29. The molecular weight excluding hydrogens is 348 g/mol. The second-order valence-corrected chi connectivity index (χ2v) is 8.56. The van der Waals surface area contributed by atoms with Gasteiger partial charge in [0, 0.05) is 45.3 Å². The van der Waals surface area contributed by atoms with Crippen molar-refractivity contribution in [3.05, 3.63) is 59.8 Å². The molecule has 0 unspecified atom stereocenters. The van der Waals surface area contributed by atoms with Gasteiger partial charge in [0.05, 0.1) is 0 Å². The first kappa shape index (κ1) is 20.3. The van der Waals surface area contributed by atoms with Gasteiger partial charge >= 0.3 is 0 Å². The average molecular weight is 381 g/mol. The van der Waals surface area contributed by atoms with Crippen LogP contribution in [-0.2, 0) is 16.8 Å². The zero-order chi connectivity index (χ0) is 20.1. The second-order valence-electron chi connectivity index (χ2n) is 8.56. The maximum atomic E-state index is 12.9. The van der Waals surface area contributed by atoms with E-state index in [0.29, 0.717) is 6.42 Å². The van der Waals surface area contributed by atoms with Gasteiger partial charge in [-0.2, -0.15) is 0 Å². The number of anilines is 1. The van der Waals surface area contributed by atoms with Gasteiger partial charge in [0.1, 0.15) is 5.82 Å². The van der Waals surface area contributed by atoms with Gasteiger partial charge in [0.15, 0.2) is 0 Å². The van der Waals surface area contributed by atoms with E-state index in [9.17, 15) is 4.79 Å². The van der Waals surface area contributed by atoms with Crippen LogP contribution in [0.4, 0.5) is 5.82 Å². The lowest BCUT2D eigenvalue weighted by molar-refractivity contribution is -0.132.